The van der Waals surface area contributed by atoms with Crippen LogP contribution in [0.3, 0.4) is 0 Å². The zero-order chi connectivity index (χ0) is 21.1. The van der Waals surface area contributed by atoms with Gasteiger partial charge in [0.2, 0.25) is 5.88 Å². The van der Waals surface area contributed by atoms with Gasteiger partial charge in [0.1, 0.15) is 5.69 Å². The number of allylic oxidation sites excluding steroid dienone is 2. The van der Waals surface area contributed by atoms with E-state index < -0.39 is 0 Å². The van der Waals surface area contributed by atoms with Crippen LogP contribution in [0, 0.1) is 0 Å². The van der Waals surface area contributed by atoms with Crippen molar-refractivity contribution in [3.63, 3.8) is 0 Å². The molecule has 0 saturated carbocycles. The number of benzene rings is 3. The highest BCUT2D eigenvalue weighted by molar-refractivity contribution is 5.66. The van der Waals surface area contributed by atoms with Crippen LogP contribution in [0.25, 0.3) is 0 Å². The Bertz CT molecular complexity index is 1090. The molecule has 3 nitrogen and oxygen atoms in total. The molecule has 3 aromatic carbocycles. The molecule has 0 fully saturated rings. The minimum absolute atomic E-state index is 0.281. The number of nitrogens with zero attached hydrogens (tertiary/aromatic N) is 1. The summed E-state index contributed by atoms with van der Waals surface area (Å²) in [5.41, 5.74) is 5.61. The summed E-state index contributed by atoms with van der Waals surface area (Å²) in [6, 6.07) is 27.3. The lowest BCUT2D eigenvalue weighted by Crippen LogP contribution is -2.73. The van der Waals surface area contributed by atoms with Gasteiger partial charge in [0.25, 0.3) is 0 Å². The molecule has 0 saturated heterocycles. The second kappa shape index (κ2) is 8.21. The Balaban J connectivity index is 1.75. The van der Waals surface area contributed by atoms with E-state index in [1.165, 1.54) is 16.8 Å². The molecular weight excluding hydrogens is 368 g/mol. The number of para-hydroxylation sites is 3. The highest BCUT2D eigenvalue weighted by Gasteiger charge is 2.34. The summed E-state index contributed by atoms with van der Waals surface area (Å²) in [6.07, 6.45) is 2.95. The zero-order valence-electron chi connectivity index (χ0n) is 17.9. The SMILES string of the molecule is C=C(C=C1Oc2ccccc2N1C)C(C)(Cc1ccccc1)c1ccccc1[NH2+]C. The van der Waals surface area contributed by atoms with Crippen LogP contribution in [0.1, 0.15) is 18.1 Å². The Labute approximate surface area is 179 Å². The van der Waals surface area contributed by atoms with Crippen LogP contribution < -0.4 is 15.0 Å². The van der Waals surface area contributed by atoms with Crippen LogP contribution in [0.4, 0.5) is 11.4 Å². The maximum atomic E-state index is 6.15. The molecule has 0 aliphatic carbocycles. The van der Waals surface area contributed by atoms with Gasteiger partial charge in [0, 0.05) is 24.1 Å². The maximum Gasteiger partial charge on any atom is 0.200 e. The van der Waals surface area contributed by atoms with Crippen LogP contribution in [-0.4, -0.2) is 14.1 Å². The Morgan fingerprint density at radius 3 is 2.40 bits per heavy atom. The molecule has 0 radical (unpaired) electrons. The van der Waals surface area contributed by atoms with Gasteiger partial charge in [-0.3, -0.25) is 0 Å². The van der Waals surface area contributed by atoms with E-state index in [1.807, 2.05) is 25.2 Å². The first kappa shape index (κ1) is 20.0. The van der Waals surface area contributed by atoms with Gasteiger partial charge in [-0.25, -0.2) is 0 Å². The van der Waals surface area contributed by atoms with Crippen molar-refractivity contribution < 1.29 is 10.1 Å². The van der Waals surface area contributed by atoms with Gasteiger partial charge in [0.15, 0.2) is 5.75 Å². The lowest BCUT2D eigenvalue weighted by molar-refractivity contribution is -0.540. The van der Waals surface area contributed by atoms with Gasteiger partial charge in [-0.15, -0.1) is 0 Å². The predicted octanol–water partition coefficient (Wildman–Crippen LogP) is 4.94. The lowest BCUT2D eigenvalue weighted by atomic mass is 9.71. The topological polar surface area (TPSA) is 29.1 Å². The Morgan fingerprint density at radius 2 is 1.67 bits per heavy atom. The third-order valence-corrected chi connectivity index (χ3v) is 6.04. The van der Waals surface area contributed by atoms with Crippen LogP contribution in [0.2, 0.25) is 0 Å². The third-order valence-electron chi connectivity index (χ3n) is 6.04. The standard InChI is InChI=1S/C27H28N2O/c1-20(18-26-29(4)24-16-10-11-17-25(24)30-26)27(2,19-21-12-6-5-7-13-21)22-14-8-9-15-23(22)28-3/h5-18,28H,1,19H2,2-4H3/p+1. The molecule has 4 rings (SSSR count). The molecule has 3 aromatic rings. The van der Waals surface area contributed by atoms with Gasteiger partial charge in [0.05, 0.1) is 12.7 Å². The third kappa shape index (κ3) is 3.64. The molecule has 1 aliphatic rings. The molecule has 30 heavy (non-hydrogen) atoms. The molecular formula is C27H29N2O+. The number of ether oxygens (including phenoxy) is 1. The molecule has 1 unspecified atom stereocenters. The van der Waals surface area contributed by atoms with E-state index in [0.29, 0.717) is 0 Å². The first-order valence-corrected chi connectivity index (χ1v) is 10.4. The van der Waals surface area contributed by atoms with Crippen LogP contribution in [-0.2, 0) is 11.8 Å². The number of anilines is 1. The first-order valence-electron chi connectivity index (χ1n) is 10.4. The molecule has 0 spiro atoms. The lowest BCUT2D eigenvalue weighted by Gasteiger charge is -2.32. The predicted molar refractivity (Wildman–Crippen MR) is 124 cm³/mol. The van der Waals surface area contributed by atoms with Crippen molar-refractivity contribution in [2.45, 2.75) is 18.8 Å². The zero-order valence-corrected chi connectivity index (χ0v) is 17.9. The van der Waals surface area contributed by atoms with Gasteiger partial charge in [-0.2, -0.15) is 0 Å². The van der Waals surface area contributed by atoms with E-state index in [4.69, 9.17) is 4.74 Å². The van der Waals surface area contributed by atoms with Crippen LogP contribution in [0.5, 0.6) is 5.75 Å². The van der Waals surface area contributed by atoms with Crippen molar-refractivity contribution in [1.82, 2.24) is 0 Å². The summed E-state index contributed by atoms with van der Waals surface area (Å²) in [7, 11) is 4.13. The number of quaternary nitrogens is 1. The molecule has 1 atom stereocenters. The van der Waals surface area contributed by atoms with Crippen molar-refractivity contribution in [3.05, 3.63) is 114 Å². The average molecular weight is 398 g/mol. The fourth-order valence-electron chi connectivity index (χ4n) is 4.19. The number of nitrogens with two attached hydrogens (primary N) is 1. The second-order valence-electron chi connectivity index (χ2n) is 8.01. The van der Waals surface area contributed by atoms with Gasteiger partial charge < -0.3 is 15.0 Å². The van der Waals surface area contributed by atoms with Gasteiger partial charge in [-0.05, 0) is 35.8 Å². The van der Waals surface area contributed by atoms with E-state index in [1.54, 1.807) is 0 Å². The van der Waals surface area contributed by atoms with Crippen molar-refractivity contribution >= 4 is 11.4 Å². The molecule has 0 bridgehead atoms. The van der Waals surface area contributed by atoms with Crippen molar-refractivity contribution in [1.29, 1.82) is 0 Å². The van der Waals surface area contributed by atoms with Crippen LogP contribution >= 0.6 is 0 Å². The highest BCUT2D eigenvalue weighted by Crippen LogP contribution is 2.42. The largest absolute Gasteiger partial charge is 0.439 e. The maximum absolute atomic E-state index is 6.15. The summed E-state index contributed by atoms with van der Waals surface area (Å²) < 4.78 is 6.15. The summed E-state index contributed by atoms with van der Waals surface area (Å²) in [4.78, 5) is 2.08. The summed E-state index contributed by atoms with van der Waals surface area (Å²) in [6.45, 7) is 6.82. The summed E-state index contributed by atoms with van der Waals surface area (Å²) >= 11 is 0. The van der Waals surface area contributed by atoms with E-state index in [-0.39, 0.29) is 5.41 Å². The van der Waals surface area contributed by atoms with Crippen molar-refractivity contribution in [2.24, 2.45) is 0 Å². The Morgan fingerprint density at radius 1 is 1.00 bits per heavy atom. The van der Waals surface area contributed by atoms with E-state index in [9.17, 15) is 0 Å². The minimum atomic E-state index is -0.281. The highest BCUT2D eigenvalue weighted by atomic mass is 16.5. The van der Waals surface area contributed by atoms with E-state index >= 15 is 0 Å². The quantitative estimate of drug-likeness (QED) is 0.597. The number of hydrogen-bond acceptors (Lipinski definition) is 2. The van der Waals surface area contributed by atoms with Gasteiger partial charge >= 0.3 is 0 Å². The average Bonchev–Trinajstić information content (AvgIpc) is 3.09. The molecule has 0 amide bonds. The second-order valence-corrected chi connectivity index (χ2v) is 8.01. The molecule has 2 N–H and O–H groups in total. The Hall–Kier alpha value is -3.30. The minimum Gasteiger partial charge on any atom is -0.439 e. The summed E-state index contributed by atoms with van der Waals surface area (Å²) in [5.74, 6) is 1.68. The summed E-state index contributed by atoms with van der Waals surface area (Å²) in [5, 5.41) is 2.17. The molecule has 152 valence electrons. The van der Waals surface area contributed by atoms with Crippen molar-refractivity contribution in [3.8, 4) is 5.75 Å². The van der Waals surface area contributed by atoms with Gasteiger partial charge in [-0.1, -0.05) is 74.2 Å². The molecule has 0 aromatic heterocycles. The normalized spacial score (nSPS) is 16.1. The monoisotopic (exact) mass is 397 g/mol. The molecule has 1 heterocycles. The smallest absolute Gasteiger partial charge is 0.200 e. The number of rotatable bonds is 6. The van der Waals surface area contributed by atoms with Crippen molar-refractivity contribution in [2.75, 3.05) is 19.0 Å². The first-order chi connectivity index (χ1) is 14.5. The number of fused-ring (bicyclic) bond motifs is 1. The fraction of sp³-hybridized carbons (Fsp3) is 0.185. The molecule has 1 aliphatic heterocycles. The number of hydrogen-bond donors (Lipinski definition) is 1. The Kier molecular flexibility index (Phi) is 5.47. The van der Waals surface area contributed by atoms with E-state index in [0.717, 1.165) is 29.3 Å². The molecule has 3 heteroatoms. The van der Waals surface area contributed by atoms with E-state index in [2.05, 4.69) is 97.5 Å². The van der Waals surface area contributed by atoms with Crippen LogP contribution in [0.15, 0.2) is 103 Å². The fourth-order valence-corrected chi connectivity index (χ4v) is 4.19.